The Kier molecular flexibility index (Phi) is 5.22. The number of nitrogens with one attached hydrogen (secondary N) is 1. The maximum absolute atomic E-state index is 9.67. The van der Waals surface area contributed by atoms with E-state index in [2.05, 4.69) is 52.4 Å². The second-order valence-corrected chi connectivity index (χ2v) is 6.09. The molecule has 0 aliphatic heterocycles. The third-order valence-electron chi connectivity index (χ3n) is 3.75. The number of halogens is 1. The standard InChI is InChI=1S/C15H22BrNO/c1-2-5-13(18)10-17-12-8-11(9-12)14-6-3-4-7-15(14)16/h3-4,6-7,11-13,17-18H,2,5,8-10H2,1H3. The van der Waals surface area contributed by atoms with Crippen LogP contribution in [-0.2, 0) is 0 Å². The molecule has 1 aliphatic rings. The molecule has 18 heavy (non-hydrogen) atoms. The average molecular weight is 312 g/mol. The summed E-state index contributed by atoms with van der Waals surface area (Å²) in [4.78, 5) is 0. The van der Waals surface area contributed by atoms with E-state index >= 15 is 0 Å². The Hall–Kier alpha value is -0.380. The number of aliphatic hydroxyl groups excluding tert-OH is 1. The third-order valence-corrected chi connectivity index (χ3v) is 4.47. The lowest BCUT2D eigenvalue weighted by Crippen LogP contribution is -2.43. The predicted molar refractivity (Wildman–Crippen MR) is 78.8 cm³/mol. The largest absolute Gasteiger partial charge is 0.392 e. The van der Waals surface area contributed by atoms with Crippen LogP contribution in [0.3, 0.4) is 0 Å². The molecule has 1 fully saturated rings. The molecule has 1 unspecified atom stereocenters. The van der Waals surface area contributed by atoms with Crippen LogP contribution in [0.4, 0.5) is 0 Å². The molecule has 3 heteroatoms. The topological polar surface area (TPSA) is 32.3 Å². The molecule has 0 radical (unpaired) electrons. The Labute approximate surface area is 118 Å². The first-order valence-corrected chi connectivity index (χ1v) is 7.66. The van der Waals surface area contributed by atoms with Gasteiger partial charge in [0.05, 0.1) is 6.10 Å². The zero-order valence-electron chi connectivity index (χ0n) is 10.9. The number of hydrogen-bond acceptors (Lipinski definition) is 2. The zero-order chi connectivity index (χ0) is 13.0. The van der Waals surface area contributed by atoms with Crippen LogP contribution in [0.15, 0.2) is 28.7 Å². The van der Waals surface area contributed by atoms with Gasteiger partial charge in [0.2, 0.25) is 0 Å². The first-order chi connectivity index (χ1) is 8.70. The van der Waals surface area contributed by atoms with E-state index in [9.17, 15) is 5.11 Å². The van der Waals surface area contributed by atoms with Gasteiger partial charge in [0.15, 0.2) is 0 Å². The summed E-state index contributed by atoms with van der Waals surface area (Å²) in [7, 11) is 0. The van der Waals surface area contributed by atoms with Gasteiger partial charge in [-0.05, 0) is 36.8 Å². The van der Waals surface area contributed by atoms with Crippen molar-refractivity contribution in [1.29, 1.82) is 0 Å². The van der Waals surface area contributed by atoms with Gasteiger partial charge in [-0.3, -0.25) is 0 Å². The van der Waals surface area contributed by atoms with Gasteiger partial charge in [0.1, 0.15) is 0 Å². The van der Waals surface area contributed by atoms with Crippen LogP contribution in [0.2, 0.25) is 0 Å². The van der Waals surface area contributed by atoms with Crippen molar-refractivity contribution >= 4 is 15.9 Å². The molecule has 0 bridgehead atoms. The van der Waals surface area contributed by atoms with Gasteiger partial charge < -0.3 is 10.4 Å². The fraction of sp³-hybridized carbons (Fsp3) is 0.600. The van der Waals surface area contributed by atoms with Gasteiger partial charge in [-0.1, -0.05) is 47.5 Å². The average Bonchev–Trinajstić information content (AvgIpc) is 2.29. The summed E-state index contributed by atoms with van der Waals surface area (Å²) in [5.41, 5.74) is 1.42. The molecular weight excluding hydrogens is 290 g/mol. The highest BCUT2D eigenvalue weighted by atomic mass is 79.9. The van der Waals surface area contributed by atoms with E-state index in [-0.39, 0.29) is 6.10 Å². The van der Waals surface area contributed by atoms with Crippen molar-refractivity contribution < 1.29 is 5.11 Å². The Bertz CT molecular complexity index is 377. The fourth-order valence-corrected chi connectivity index (χ4v) is 3.19. The van der Waals surface area contributed by atoms with Gasteiger partial charge in [-0.2, -0.15) is 0 Å². The minimum atomic E-state index is -0.183. The molecule has 0 aromatic heterocycles. The lowest BCUT2D eigenvalue weighted by molar-refractivity contribution is 0.145. The van der Waals surface area contributed by atoms with Gasteiger partial charge in [0.25, 0.3) is 0 Å². The molecule has 0 saturated heterocycles. The Morgan fingerprint density at radius 1 is 1.39 bits per heavy atom. The van der Waals surface area contributed by atoms with Crippen LogP contribution in [0, 0.1) is 0 Å². The summed E-state index contributed by atoms with van der Waals surface area (Å²) < 4.78 is 1.22. The second-order valence-electron chi connectivity index (χ2n) is 5.24. The Balaban J connectivity index is 1.73. The summed E-state index contributed by atoms with van der Waals surface area (Å²) in [6, 6.07) is 9.06. The molecule has 2 N–H and O–H groups in total. The van der Waals surface area contributed by atoms with E-state index in [1.807, 2.05) is 0 Å². The van der Waals surface area contributed by atoms with Gasteiger partial charge in [0, 0.05) is 17.1 Å². The van der Waals surface area contributed by atoms with Crippen molar-refractivity contribution in [1.82, 2.24) is 5.32 Å². The minimum absolute atomic E-state index is 0.183. The smallest absolute Gasteiger partial charge is 0.0664 e. The highest BCUT2D eigenvalue weighted by Gasteiger charge is 2.31. The van der Waals surface area contributed by atoms with Gasteiger partial charge in [-0.25, -0.2) is 0 Å². The molecule has 1 aromatic rings. The van der Waals surface area contributed by atoms with Crippen LogP contribution in [0.5, 0.6) is 0 Å². The Morgan fingerprint density at radius 3 is 2.78 bits per heavy atom. The van der Waals surface area contributed by atoms with E-state index in [0.717, 1.165) is 19.4 Å². The van der Waals surface area contributed by atoms with Crippen molar-refractivity contribution in [2.24, 2.45) is 0 Å². The first kappa shape index (κ1) is 14.0. The molecule has 100 valence electrons. The van der Waals surface area contributed by atoms with Crippen molar-refractivity contribution in [2.75, 3.05) is 6.54 Å². The summed E-state index contributed by atoms with van der Waals surface area (Å²) in [5, 5.41) is 13.1. The first-order valence-electron chi connectivity index (χ1n) is 6.86. The zero-order valence-corrected chi connectivity index (χ0v) is 12.5. The normalized spacial score (nSPS) is 24.6. The van der Waals surface area contributed by atoms with E-state index in [4.69, 9.17) is 0 Å². The highest BCUT2D eigenvalue weighted by molar-refractivity contribution is 9.10. The van der Waals surface area contributed by atoms with E-state index < -0.39 is 0 Å². The molecule has 1 aliphatic carbocycles. The Morgan fingerprint density at radius 2 is 2.11 bits per heavy atom. The minimum Gasteiger partial charge on any atom is -0.392 e. The van der Waals surface area contributed by atoms with Crippen molar-refractivity contribution in [3.8, 4) is 0 Å². The van der Waals surface area contributed by atoms with E-state index in [1.54, 1.807) is 0 Å². The van der Waals surface area contributed by atoms with Crippen molar-refractivity contribution in [2.45, 2.75) is 50.7 Å². The van der Waals surface area contributed by atoms with Gasteiger partial charge in [-0.15, -0.1) is 0 Å². The maximum Gasteiger partial charge on any atom is 0.0664 e. The predicted octanol–water partition coefficient (Wildman–Crippen LogP) is 3.45. The van der Waals surface area contributed by atoms with Crippen LogP contribution in [0.25, 0.3) is 0 Å². The maximum atomic E-state index is 9.67. The lowest BCUT2D eigenvalue weighted by atomic mass is 9.76. The quantitative estimate of drug-likeness (QED) is 0.843. The third kappa shape index (κ3) is 3.56. The fourth-order valence-electron chi connectivity index (χ4n) is 2.58. The summed E-state index contributed by atoms with van der Waals surface area (Å²) in [5.74, 6) is 0.668. The number of hydrogen-bond donors (Lipinski definition) is 2. The molecule has 0 heterocycles. The summed E-state index contributed by atoms with van der Waals surface area (Å²) in [6.45, 7) is 2.84. The molecular formula is C15H22BrNO. The number of rotatable bonds is 6. The molecule has 2 rings (SSSR count). The van der Waals surface area contributed by atoms with Gasteiger partial charge >= 0.3 is 0 Å². The molecule has 2 nitrogen and oxygen atoms in total. The number of benzene rings is 1. The van der Waals surface area contributed by atoms with Crippen LogP contribution in [0.1, 0.15) is 44.1 Å². The monoisotopic (exact) mass is 311 g/mol. The SMILES string of the molecule is CCCC(O)CNC1CC(c2ccccc2Br)C1. The van der Waals surface area contributed by atoms with Crippen LogP contribution in [-0.4, -0.2) is 23.8 Å². The molecule has 0 spiro atoms. The highest BCUT2D eigenvalue weighted by Crippen LogP contribution is 2.39. The van der Waals surface area contributed by atoms with E-state index in [1.165, 1.54) is 22.9 Å². The lowest BCUT2D eigenvalue weighted by Gasteiger charge is -2.37. The van der Waals surface area contributed by atoms with Crippen molar-refractivity contribution in [3.05, 3.63) is 34.3 Å². The molecule has 1 atom stereocenters. The molecule has 1 saturated carbocycles. The van der Waals surface area contributed by atoms with Crippen LogP contribution < -0.4 is 5.32 Å². The molecule has 1 aromatic carbocycles. The number of aliphatic hydroxyl groups is 1. The second kappa shape index (κ2) is 6.69. The molecule has 0 amide bonds. The van der Waals surface area contributed by atoms with Crippen LogP contribution >= 0.6 is 15.9 Å². The summed E-state index contributed by atoms with van der Waals surface area (Å²) in [6.07, 6.45) is 4.13. The van der Waals surface area contributed by atoms with E-state index in [0.29, 0.717) is 12.0 Å². The van der Waals surface area contributed by atoms with Crippen molar-refractivity contribution in [3.63, 3.8) is 0 Å². The summed E-state index contributed by atoms with van der Waals surface area (Å²) >= 11 is 3.61.